The van der Waals surface area contributed by atoms with Crippen molar-refractivity contribution in [3.63, 3.8) is 0 Å². The van der Waals surface area contributed by atoms with Crippen LogP contribution in [0.2, 0.25) is 0 Å². The summed E-state index contributed by atoms with van der Waals surface area (Å²) < 4.78 is 11.9. The Bertz CT molecular complexity index is 533. The summed E-state index contributed by atoms with van der Waals surface area (Å²) in [4.78, 5) is 7.34. The van der Waals surface area contributed by atoms with Gasteiger partial charge in [-0.25, -0.2) is 9.97 Å². The molecule has 18 heavy (non-hydrogen) atoms. The van der Waals surface area contributed by atoms with Crippen molar-refractivity contribution in [1.29, 1.82) is 0 Å². The molecule has 2 aromatic heterocycles. The highest BCUT2D eigenvalue weighted by Crippen LogP contribution is 2.14. The van der Waals surface area contributed by atoms with Gasteiger partial charge in [-0.2, -0.15) is 4.39 Å². The second kappa shape index (κ2) is 7.18. The van der Waals surface area contributed by atoms with Gasteiger partial charge in [0.1, 0.15) is 0 Å². The number of aliphatic hydroxyl groups excluding tert-OH is 2. The van der Waals surface area contributed by atoms with Crippen LogP contribution in [0, 0.1) is 24.5 Å². The first-order chi connectivity index (χ1) is 8.56. The van der Waals surface area contributed by atoms with E-state index in [1.807, 2.05) is 6.92 Å². The second-order valence-electron chi connectivity index (χ2n) is 3.11. The van der Waals surface area contributed by atoms with E-state index in [1.165, 1.54) is 16.7 Å². The van der Waals surface area contributed by atoms with Gasteiger partial charge in [0.05, 0.1) is 23.0 Å². The van der Waals surface area contributed by atoms with Crippen molar-refractivity contribution < 1.29 is 14.6 Å². The second-order valence-corrected chi connectivity index (χ2v) is 4.98. The van der Waals surface area contributed by atoms with Crippen molar-refractivity contribution in [3.8, 4) is 12.3 Å². The maximum absolute atomic E-state index is 11.9. The van der Waals surface area contributed by atoms with Crippen LogP contribution in [0.3, 0.4) is 0 Å². The van der Waals surface area contributed by atoms with Crippen molar-refractivity contribution in [2.24, 2.45) is 0 Å². The number of aromatic nitrogens is 2. The highest BCUT2D eigenvalue weighted by Gasteiger charge is 2.05. The van der Waals surface area contributed by atoms with E-state index in [4.69, 9.17) is 16.6 Å². The Morgan fingerprint density at radius 3 is 2.50 bits per heavy atom. The molecule has 1 atom stereocenters. The van der Waals surface area contributed by atoms with Crippen LogP contribution in [-0.4, -0.2) is 20.2 Å². The van der Waals surface area contributed by atoms with E-state index in [-0.39, 0.29) is 6.61 Å². The Morgan fingerprint density at radius 2 is 2.17 bits per heavy atom. The van der Waals surface area contributed by atoms with Crippen molar-refractivity contribution in [1.82, 2.24) is 9.97 Å². The fourth-order valence-corrected chi connectivity index (χ4v) is 2.11. The molecule has 0 amide bonds. The van der Waals surface area contributed by atoms with Gasteiger partial charge in [-0.05, 0) is 6.92 Å². The summed E-state index contributed by atoms with van der Waals surface area (Å²) in [5.74, 6) is 2.19. The normalized spacial score (nSPS) is 11.3. The Labute approximate surface area is 112 Å². The lowest BCUT2D eigenvalue weighted by Crippen LogP contribution is -1.92. The summed E-state index contributed by atoms with van der Waals surface area (Å²) in [6.07, 6.45) is 4.14. The van der Waals surface area contributed by atoms with Crippen molar-refractivity contribution in [2.45, 2.75) is 19.6 Å². The van der Waals surface area contributed by atoms with Gasteiger partial charge in [0.2, 0.25) is 0 Å². The Morgan fingerprint density at radius 1 is 1.44 bits per heavy atom. The molecule has 0 spiro atoms. The Balaban J connectivity index is 0.000000184. The first-order valence-corrected chi connectivity index (χ1v) is 6.59. The lowest BCUT2D eigenvalue weighted by Gasteiger charge is -1.94. The minimum absolute atomic E-state index is 0.180. The summed E-state index contributed by atoms with van der Waals surface area (Å²) in [5.41, 5.74) is 0.970. The molecule has 2 rings (SSSR count). The molecule has 2 heterocycles. The average molecular weight is 286 g/mol. The number of thiazole rings is 2. The van der Waals surface area contributed by atoms with Crippen molar-refractivity contribution in [3.05, 3.63) is 32.4 Å². The van der Waals surface area contributed by atoms with Crippen LogP contribution in [-0.2, 0) is 6.61 Å². The number of nitrogens with zero attached hydrogens (tertiary/aromatic N) is 2. The molecule has 0 saturated heterocycles. The van der Waals surface area contributed by atoms with E-state index >= 15 is 0 Å². The van der Waals surface area contributed by atoms with E-state index in [0.29, 0.717) is 11.4 Å². The SMILES string of the molecule is C#CC(O)c1csc(C)n1.OCc1csc(F)n1. The zero-order valence-corrected chi connectivity index (χ0v) is 11.1. The quantitative estimate of drug-likeness (QED) is 0.827. The fraction of sp³-hybridized carbons (Fsp3) is 0.273. The smallest absolute Gasteiger partial charge is 0.269 e. The van der Waals surface area contributed by atoms with Gasteiger partial charge < -0.3 is 10.2 Å². The van der Waals surface area contributed by atoms with Crippen LogP contribution in [0.4, 0.5) is 4.39 Å². The van der Waals surface area contributed by atoms with Gasteiger partial charge >= 0.3 is 0 Å². The lowest BCUT2D eigenvalue weighted by molar-refractivity contribution is 0.234. The predicted octanol–water partition coefficient (Wildman–Crippen LogP) is 1.89. The maximum Gasteiger partial charge on any atom is 0.269 e. The summed E-state index contributed by atoms with van der Waals surface area (Å²) in [6.45, 7) is 1.69. The lowest BCUT2D eigenvalue weighted by atomic mass is 10.3. The zero-order valence-electron chi connectivity index (χ0n) is 9.50. The summed E-state index contributed by atoms with van der Waals surface area (Å²) in [7, 11) is 0. The number of aliphatic hydroxyl groups is 2. The van der Waals surface area contributed by atoms with Gasteiger partial charge in [-0.1, -0.05) is 17.3 Å². The van der Waals surface area contributed by atoms with E-state index in [0.717, 1.165) is 16.3 Å². The molecular weight excluding hydrogens is 275 g/mol. The van der Waals surface area contributed by atoms with E-state index < -0.39 is 11.4 Å². The Kier molecular flexibility index (Phi) is 5.88. The zero-order chi connectivity index (χ0) is 13.5. The standard InChI is InChI=1S/C7H7NOS.C4H4FNOS/c1-3-7(9)6-4-10-5(2)8-6;5-4-6-3(1-7)2-8-4/h1,4,7,9H,2H3;2,7H,1H2. The largest absolute Gasteiger partial charge is 0.390 e. The molecule has 96 valence electrons. The van der Waals surface area contributed by atoms with Crippen LogP contribution < -0.4 is 0 Å². The molecule has 0 radical (unpaired) electrons. The molecule has 0 aliphatic heterocycles. The number of terminal acetylenes is 1. The third-order valence-electron chi connectivity index (χ3n) is 1.76. The van der Waals surface area contributed by atoms with Crippen LogP contribution in [0.25, 0.3) is 0 Å². The number of aryl methyl sites for hydroxylation is 1. The number of rotatable bonds is 2. The summed E-state index contributed by atoms with van der Waals surface area (Å²) in [6, 6.07) is 0. The van der Waals surface area contributed by atoms with Crippen LogP contribution >= 0.6 is 22.7 Å². The topological polar surface area (TPSA) is 66.2 Å². The number of halogens is 1. The number of hydrogen-bond donors (Lipinski definition) is 2. The summed E-state index contributed by atoms with van der Waals surface area (Å²) >= 11 is 2.37. The third-order valence-corrected chi connectivity index (χ3v) is 3.23. The van der Waals surface area contributed by atoms with E-state index in [1.54, 1.807) is 5.38 Å². The monoisotopic (exact) mass is 286 g/mol. The van der Waals surface area contributed by atoms with Crippen LogP contribution in [0.5, 0.6) is 0 Å². The molecule has 0 saturated carbocycles. The first-order valence-electron chi connectivity index (χ1n) is 4.83. The molecule has 0 aliphatic carbocycles. The van der Waals surface area contributed by atoms with E-state index in [9.17, 15) is 4.39 Å². The molecule has 0 aliphatic rings. The highest BCUT2D eigenvalue weighted by atomic mass is 32.1. The predicted molar refractivity (Wildman–Crippen MR) is 68.6 cm³/mol. The molecule has 0 bridgehead atoms. The highest BCUT2D eigenvalue weighted by molar-refractivity contribution is 7.09. The van der Waals surface area contributed by atoms with Crippen LogP contribution in [0.15, 0.2) is 10.8 Å². The molecule has 4 nitrogen and oxygen atoms in total. The van der Waals surface area contributed by atoms with Gasteiger partial charge in [-0.15, -0.1) is 17.8 Å². The average Bonchev–Trinajstić information content (AvgIpc) is 2.97. The molecule has 0 aromatic carbocycles. The van der Waals surface area contributed by atoms with Crippen molar-refractivity contribution in [2.75, 3.05) is 0 Å². The molecule has 7 heteroatoms. The third kappa shape index (κ3) is 4.50. The van der Waals surface area contributed by atoms with Crippen LogP contribution in [0.1, 0.15) is 22.5 Å². The summed E-state index contributed by atoms with van der Waals surface area (Å²) in [5, 5.41) is 21.1. The molecule has 2 N–H and O–H groups in total. The van der Waals surface area contributed by atoms with Gasteiger partial charge in [0, 0.05) is 10.8 Å². The minimum Gasteiger partial charge on any atom is -0.390 e. The first kappa shape index (κ1) is 14.7. The molecule has 2 aromatic rings. The van der Waals surface area contributed by atoms with Gasteiger partial charge in [-0.3, -0.25) is 0 Å². The number of hydrogen-bond acceptors (Lipinski definition) is 6. The van der Waals surface area contributed by atoms with Crippen molar-refractivity contribution >= 4 is 22.7 Å². The van der Waals surface area contributed by atoms with E-state index in [2.05, 4.69) is 15.9 Å². The minimum atomic E-state index is -0.843. The Hall–Kier alpha value is -1.33. The fourth-order valence-electron chi connectivity index (χ4n) is 0.946. The molecule has 0 fully saturated rings. The van der Waals surface area contributed by atoms with Gasteiger partial charge in [0.25, 0.3) is 5.26 Å². The maximum atomic E-state index is 11.9. The van der Waals surface area contributed by atoms with Gasteiger partial charge in [0.15, 0.2) is 6.10 Å². The molecular formula is C11H11FN2O2S2. The molecule has 1 unspecified atom stereocenters.